The highest BCUT2D eigenvalue weighted by atomic mass is 32.1. The van der Waals surface area contributed by atoms with Gasteiger partial charge in [-0.05, 0) is 38.1 Å². The number of nitrogens with one attached hydrogen (secondary N) is 3. The molecule has 0 aromatic carbocycles. The first-order chi connectivity index (χ1) is 13.8. The summed E-state index contributed by atoms with van der Waals surface area (Å²) in [5.41, 5.74) is 0. The Morgan fingerprint density at radius 2 is 1.90 bits per heavy atom. The van der Waals surface area contributed by atoms with Gasteiger partial charge in [-0.2, -0.15) is 12.6 Å². The third-order valence-corrected chi connectivity index (χ3v) is 6.15. The van der Waals surface area contributed by atoms with Crippen molar-refractivity contribution >= 4 is 36.3 Å². The Morgan fingerprint density at radius 1 is 1.17 bits per heavy atom. The first-order valence-electron chi connectivity index (χ1n) is 10.3. The van der Waals surface area contributed by atoms with Crippen LogP contribution in [0.15, 0.2) is 0 Å². The lowest BCUT2D eigenvalue weighted by Gasteiger charge is -2.32. The minimum Gasteiger partial charge on any atom is -0.480 e. The SMILES string of the molecule is CCC(C)C(NC(=O)C1CCCN1)C(=O)N1CCCC1C(=O)NC(CS)C(=O)O. The molecule has 0 spiro atoms. The molecule has 164 valence electrons. The third kappa shape index (κ3) is 5.85. The molecule has 5 unspecified atom stereocenters. The average Bonchev–Trinajstić information content (AvgIpc) is 3.40. The topological polar surface area (TPSA) is 128 Å². The highest BCUT2D eigenvalue weighted by molar-refractivity contribution is 7.80. The van der Waals surface area contributed by atoms with Crippen molar-refractivity contribution in [3.63, 3.8) is 0 Å². The number of carboxylic acid groups (broad SMARTS) is 1. The second-order valence-corrected chi connectivity index (χ2v) is 8.16. The minimum absolute atomic E-state index is 0.0400. The van der Waals surface area contributed by atoms with E-state index < -0.39 is 30.0 Å². The molecule has 2 aliphatic heterocycles. The summed E-state index contributed by atoms with van der Waals surface area (Å²) in [5.74, 6) is -2.28. The summed E-state index contributed by atoms with van der Waals surface area (Å²) in [6.07, 6.45) is 3.46. The van der Waals surface area contributed by atoms with E-state index in [1.54, 1.807) is 0 Å². The number of likely N-dealkylation sites (tertiary alicyclic amines) is 1. The van der Waals surface area contributed by atoms with Crippen molar-refractivity contribution in [1.29, 1.82) is 0 Å². The van der Waals surface area contributed by atoms with E-state index in [0.29, 0.717) is 25.8 Å². The number of carbonyl (C=O) groups excluding carboxylic acids is 3. The number of nitrogens with zero attached hydrogens (tertiary/aromatic N) is 1. The number of amides is 3. The smallest absolute Gasteiger partial charge is 0.327 e. The summed E-state index contributed by atoms with van der Waals surface area (Å²) >= 11 is 3.96. The van der Waals surface area contributed by atoms with Crippen LogP contribution < -0.4 is 16.0 Å². The van der Waals surface area contributed by atoms with Gasteiger partial charge in [0.1, 0.15) is 18.1 Å². The van der Waals surface area contributed by atoms with Gasteiger partial charge in [0.2, 0.25) is 17.7 Å². The van der Waals surface area contributed by atoms with E-state index in [1.807, 2.05) is 13.8 Å². The molecule has 2 heterocycles. The van der Waals surface area contributed by atoms with Crippen molar-refractivity contribution in [2.24, 2.45) is 5.92 Å². The van der Waals surface area contributed by atoms with Crippen LogP contribution >= 0.6 is 12.6 Å². The fourth-order valence-electron chi connectivity index (χ4n) is 3.78. The van der Waals surface area contributed by atoms with Crippen molar-refractivity contribution in [3.05, 3.63) is 0 Å². The van der Waals surface area contributed by atoms with Crippen LogP contribution in [0, 0.1) is 5.92 Å². The summed E-state index contributed by atoms with van der Waals surface area (Å²) in [5, 5.41) is 17.6. The van der Waals surface area contributed by atoms with Gasteiger partial charge in [-0.1, -0.05) is 20.3 Å². The van der Waals surface area contributed by atoms with Crippen molar-refractivity contribution < 1.29 is 24.3 Å². The normalized spacial score (nSPS) is 24.6. The maximum atomic E-state index is 13.3. The summed E-state index contributed by atoms with van der Waals surface area (Å²) in [6.45, 7) is 5.03. The van der Waals surface area contributed by atoms with E-state index in [2.05, 4.69) is 28.6 Å². The number of rotatable bonds is 9. The van der Waals surface area contributed by atoms with Gasteiger partial charge in [0, 0.05) is 12.3 Å². The molecule has 5 atom stereocenters. The summed E-state index contributed by atoms with van der Waals surface area (Å²) in [6, 6.07) is -2.86. The van der Waals surface area contributed by atoms with Gasteiger partial charge in [-0.15, -0.1) is 0 Å². The molecule has 2 aliphatic rings. The minimum atomic E-state index is -1.17. The maximum Gasteiger partial charge on any atom is 0.327 e. The van der Waals surface area contributed by atoms with Crippen LogP contribution in [-0.2, 0) is 19.2 Å². The van der Waals surface area contributed by atoms with Crippen LogP contribution in [0.4, 0.5) is 0 Å². The van der Waals surface area contributed by atoms with Crippen molar-refractivity contribution in [1.82, 2.24) is 20.9 Å². The summed E-state index contributed by atoms with van der Waals surface area (Å²) in [4.78, 5) is 51.1. The zero-order chi connectivity index (χ0) is 21.6. The van der Waals surface area contributed by atoms with Gasteiger partial charge >= 0.3 is 5.97 Å². The molecule has 4 N–H and O–H groups in total. The first-order valence-corrected chi connectivity index (χ1v) is 10.9. The lowest BCUT2D eigenvalue weighted by Crippen LogP contribution is -2.58. The third-order valence-electron chi connectivity index (χ3n) is 5.79. The molecule has 9 nitrogen and oxygen atoms in total. The van der Waals surface area contributed by atoms with Gasteiger partial charge in [-0.25, -0.2) is 4.79 Å². The van der Waals surface area contributed by atoms with Crippen LogP contribution in [0.5, 0.6) is 0 Å². The molecular weight excluding hydrogens is 396 g/mol. The highest BCUT2D eigenvalue weighted by Gasteiger charge is 2.40. The Balaban J connectivity index is 2.10. The molecule has 0 aliphatic carbocycles. The van der Waals surface area contributed by atoms with E-state index in [9.17, 15) is 19.2 Å². The molecule has 0 aromatic heterocycles. The number of aliphatic carboxylic acids is 1. The summed E-state index contributed by atoms with van der Waals surface area (Å²) in [7, 11) is 0. The molecule has 2 fully saturated rings. The van der Waals surface area contributed by atoms with Gasteiger partial charge < -0.3 is 26.0 Å². The van der Waals surface area contributed by atoms with Gasteiger partial charge in [0.25, 0.3) is 0 Å². The number of hydrogen-bond donors (Lipinski definition) is 5. The number of carbonyl (C=O) groups is 4. The fraction of sp³-hybridized carbons (Fsp3) is 0.789. The molecule has 0 aromatic rings. The Kier molecular flexibility index (Phi) is 8.76. The lowest BCUT2D eigenvalue weighted by atomic mass is 9.96. The quantitative estimate of drug-likeness (QED) is 0.323. The molecule has 0 saturated carbocycles. The van der Waals surface area contributed by atoms with E-state index in [-0.39, 0.29) is 29.5 Å². The second-order valence-electron chi connectivity index (χ2n) is 7.79. The Bertz CT molecular complexity index is 626. The number of carboxylic acids is 1. The molecule has 2 rings (SSSR count). The van der Waals surface area contributed by atoms with Gasteiger partial charge in [0.05, 0.1) is 6.04 Å². The number of hydrogen-bond acceptors (Lipinski definition) is 6. The molecule has 2 saturated heterocycles. The maximum absolute atomic E-state index is 13.3. The van der Waals surface area contributed by atoms with Crippen molar-refractivity contribution in [2.75, 3.05) is 18.8 Å². The Labute approximate surface area is 176 Å². The standard InChI is InChI=1S/C19H32N4O5S/c1-3-11(2)15(22-16(24)12-6-4-8-20-12)18(26)23-9-5-7-14(23)17(25)21-13(10-29)19(27)28/h11-15,20,29H,3-10H2,1-2H3,(H,21,25)(H,22,24)(H,27,28). The van der Waals surface area contributed by atoms with Crippen LogP contribution in [0.25, 0.3) is 0 Å². The van der Waals surface area contributed by atoms with Crippen LogP contribution in [0.1, 0.15) is 46.0 Å². The first kappa shape index (κ1) is 23.5. The second kappa shape index (κ2) is 10.8. The van der Waals surface area contributed by atoms with Crippen molar-refractivity contribution in [3.8, 4) is 0 Å². The lowest BCUT2D eigenvalue weighted by molar-refractivity contribution is -0.145. The average molecular weight is 429 g/mol. The molecule has 10 heteroatoms. The predicted molar refractivity (Wildman–Crippen MR) is 111 cm³/mol. The van der Waals surface area contributed by atoms with Gasteiger partial charge in [-0.3, -0.25) is 14.4 Å². The number of thiol groups is 1. The van der Waals surface area contributed by atoms with Gasteiger partial charge in [0.15, 0.2) is 0 Å². The fourth-order valence-corrected chi connectivity index (χ4v) is 4.03. The monoisotopic (exact) mass is 428 g/mol. The Morgan fingerprint density at radius 3 is 2.45 bits per heavy atom. The Hall–Kier alpha value is -1.81. The molecule has 0 bridgehead atoms. The van der Waals surface area contributed by atoms with E-state index in [4.69, 9.17) is 5.11 Å². The van der Waals surface area contributed by atoms with E-state index in [1.165, 1.54) is 4.90 Å². The summed E-state index contributed by atoms with van der Waals surface area (Å²) < 4.78 is 0. The van der Waals surface area contributed by atoms with Crippen LogP contribution in [0.3, 0.4) is 0 Å². The zero-order valence-electron chi connectivity index (χ0n) is 17.0. The van der Waals surface area contributed by atoms with E-state index in [0.717, 1.165) is 19.4 Å². The molecule has 3 amide bonds. The molecular formula is C19H32N4O5S. The van der Waals surface area contributed by atoms with E-state index >= 15 is 0 Å². The molecule has 29 heavy (non-hydrogen) atoms. The zero-order valence-corrected chi connectivity index (χ0v) is 17.9. The largest absolute Gasteiger partial charge is 0.480 e. The highest BCUT2D eigenvalue weighted by Crippen LogP contribution is 2.22. The van der Waals surface area contributed by atoms with Crippen molar-refractivity contribution in [2.45, 2.75) is 70.1 Å². The van der Waals surface area contributed by atoms with Crippen LogP contribution in [-0.4, -0.2) is 76.7 Å². The predicted octanol–water partition coefficient (Wildman–Crippen LogP) is -0.240. The molecule has 0 radical (unpaired) electrons. The van der Waals surface area contributed by atoms with Crippen LogP contribution in [0.2, 0.25) is 0 Å².